The van der Waals surface area contributed by atoms with Gasteiger partial charge in [-0.1, -0.05) is 55.8 Å². The average molecular weight is 718 g/mol. The number of hydrogen-bond acceptors (Lipinski definition) is 12. The van der Waals surface area contributed by atoms with Crippen molar-refractivity contribution in [1.29, 1.82) is 0 Å². The maximum absolute atomic E-state index is 12.9. The molecule has 1 fully saturated rings. The van der Waals surface area contributed by atoms with Crippen molar-refractivity contribution in [3.8, 4) is 11.1 Å². The van der Waals surface area contributed by atoms with Crippen LogP contribution >= 0.6 is 0 Å². The Morgan fingerprint density at radius 1 is 0.900 bits per heavy atom. The van der Waals surface area contributed by atoms with Gasteiger partial charge in [0, 0.05) is 31.4 Å². The molecule has 0 aromatic heterocycles. The van der Waals surface area contributed by atoms with Crippen LogP contribution in [-0.2, 0) is 28.7 Å². The van der Waals surface area contributed by atoms with Crippen LogP contribution in [0.3, 0.4) is 0 Å². The molecule has 2 aromatic rings. The van der Waals surface area contributed by atoms with Gasteiger partial charge in [0.05, 0.1) is 24.8 Å². The molecule has 3 amide bonds. The van der Waals surface area contributed by atoms with Crippen LogP contribution in [0.5, 0.6) is 0 Å². The van der Waals surface area contributed by atoms with Crippen LogP contribution < -0.4 is 85.3 Å². The Kier molecular flexibility index (Phi) is 19.9. The number of carboxylic acids is 2. The Morgan fingerprint density at radius 3 is 2.08 bits per heavy atom. The number of aliphatic hydroxyl groups is 3. The summed E-state index contributed by atoms with van der Waals surface area (Å²) in [4.78, 5) is 60.7. The SMILES string of the molecule is CCC(=O)N[C@@H]1[C@@H](NC(C)=O)[C@H]([C@H](O)[C@H](O)CNC(=O)c2ccc(-c3ccccc3)cc2)O[C@@](OCCCCCC(=O)[O-])(C(=O)[O-])[C@H]1O.[Na+].[Na+]. The van der Waals surface area contributed by atoms with E-state index in [0.717, 1.165) is 18.1 Å². The third-order valence-electron chi connectivity index (χ3n) is 7.88. The Balaban J connectivity index is 0.00000625. The van der Waals surface area contributed by atoms with E-state index in [-0.39, 0.29) is 103 Å². The van der Waals surface area contributed by atoms with Crippen molar-refractivity contribution in [3.63, 3.8) is 0 Å². The van der Waals surface area contributed by atoms with Gasteiger partial charge in [-0.25, -0.2) is 0 Å². The van der Waals surface area contributed by atoms with Crippen LogP contribution in [0.25, 0.3) is 11.1 Å². The van der Waals surface area contributed by atoms with E-state index < -0.39 is 78.5 Å². The molecule has 2 aromatic carbocycles. The molecule has 0 radical (unpaired) electrons. The van der Waals surface area contributed by atoms with Crippen molar-refractivity contribution in [3.05, 3.63) is 60.2 Å². The first-order valence-corrected chi connectivity index (χ1v) is 15.6. The van der Waals surface area contributed by atoms with Crippen molar-refractivity contribution in [1.82, 2.24) is 16.0 Å². The predicted molar refractivity (Wildman–Crippen MR) is 164 cm³/mol. The summed E-state index contributed by atoms with van der Waals surface area (Å²) >= 11 is 0. The van der Waals surface area contributed by atoms with Gasteiger partial charge in [0.25, 0.3) is 5.91 Å². The van der Waals surface area contributed by atoms with Gasteiger partial charge in [0.2, 0.25) is 17.6 Å². The summed E-state index contributed by atoms with van der Waals surface area (Å²) in [6.45, 7) is 1.64. The molecule has 15 nitrogen and oxygen atoms in total. The number of aliphatic carboxylic acids is 2. The van der Waals surface area contributed by atoms with Crippen LogP contribution in [-0.4, -0.2) is 100 Å². The fraction of sp³-hybridized carbons (Fsp3) is 0.485. The number of carboxylic acid groups (broad SMARTS) is 2. The van der Waals surface area contributed by atoms with Crippen LogP contribution in [0.2, 0.25) is 0 Å². The summed E-state index contributed by atoms with van der Waals surface area (Å²) in [6.07, 6.45) is -7.64. The van der Waals surface area contributed by atoms with Crippen molar-refractivity contribution in [2.24, 2.45) is 0 Å². The summed E-state index contributed by atoms with van der Waals surface area (Å²) in [5.41, 5.74) is 2.05. The van der Waals surface area contributed by atoms with Crippen molar-refractivity contribution in [2.75, 3.05) is 13.2 Å². The van der Waals surface area contributed by atoms with Gasteiger partial charge < -0.3 is 60.5 Å². The molecule has 0 unspecified atom stereocenters. The number of nitrogens with one attached hydrogen (secondary N) is 3. The van der Waals surface area contributed by atoms with E-state index in [1.54, 1.807) is 24.3 Å². The molecular weight excluding hydrogens is 676 g/mol. The number of unbranched alkanes of at least 4 members (excludes halogenated alkanes) is 2. The van der Waals surface area contributed by atoms with E-state index in [9.17, 15) is 49.5 Å². The zero-order valence-corrected chi connectivity index (χ0v) is 32.6. The van der Waals surface area contributed by atoms with E-state index in [1.807, 2.05) is 30.3 Å². The van der Waals surface area contributed by atoms with Gasteiger partial charge in [0.15, 0.2) is 0 Å². The molecular formula is C33H41N3Na2O12. The van der Waals surface area contributed by atoms with Gasteiger partial charge in [-0.05, 0) is 42.5 Å². The van der Waals surface area contributed by atoms with Crippen molar-refractivity contribution >= 4 is 29.7 Å². The topological polar surface area (TPSA) is 247 Å². The quantitative estimate of drug-likeness (QED) is 0.0660. The number of amides is 3. The second kappa shape index (κ2) is 21.8. The maximum Gasteiger partial charge on any atom is 1.00 e. The Bertz CT molecular complexity index is 1420. The molecule has 7 atom stereocenters. The zero-order valence-electron chi connectivity index (χ0n) is 28.6. The predicted octanol–water partition coefficient (Wildman–Crippen LogP) is -8.25. The van der Waals surface area contributed by atoms with Crippen LogP contribution in [0.15, 0.2) is 54.6 Å². The third-order valence-corrected chi connectivity index (χ3v) is 7.88. The number of aliphatic hydroxyl groups excluding tert-OH is 3. The fourth-order valence-electron chi connectivity index (χ4n) is 5.33. The van der Waals surface area contributed by atoms with Crippen LogP contribution in [0, 0.1) is 0 Å². The minimum atomic E-state index is -3.01. The largest absolute Gasteiger partial charge is 1.00 e. The number of hydrogen-bond donors (Lipinski definition) is 6. The first-order chi connectivity index (χ1) is 22.8. The first-order valence-electron chi connectivity index (χ1n) is 15.6. The maximum atomic E-state index is 12.9. The van der Waals surface area contributed by atoms with Crippen LogP contribution in [0.4, 0.5) is 0 Å². The molecule has 1 saturated heterocycles. The van der Waals surface area contributed by atoms with E-state index in [0.29, 0.717) is 0 Å². The Hall–Kier alpha value is -2.41. The summed E-state index contributed by atoms with van der Waals surface area (Å²) in [7, 11) is 0. The number of carbonyl (C=O) groups is 5. The Labute approximate surface area is 334 Å². The fourth-order valence-corrected chi connectivity index (χ4v) is 5.33. The molecule has 0 aliphatic carbocycles. The molecule has 0 bridgehead atoms. The summed E-state index contributed by atoms with van der Waals surface area (Å²) in [5.74, 6) is -8.33. The van der Waals surface area contributed by atoms with Gasteiger partial charge in [-0.2, -0.15) is 0 Å². The molecule has 3 rings (SSSR count). The van der Waals surface area contributed by atoms with E-state index in [4.69, 9.17) is 9.47 Å². The molecule has 6 N–H and O–H groups in total. The van der Waals surface area contributed by atoms with Gasteiger partial charge in [-0.15, -0.1) is 0 Å². The molecule has 50 heavy (non-hydrogen) atoms. The normalized spacial score (nSPS) is 22.4. The molecule has 1 heterocycles. The molecule has 17 heteroatoms. The van der Waals surface area contributed by atoms with Gasteiger partial charge in [0.1, 0.15) is 24.3 Å². The van der Waals surface area contributed by atoms with Crippen LogP contribution in [0.1, 0.15) is 56.3 Å². The average Bonchev–Trinajstić information content (AvgIpc) is 3.07. The van der Waals surface area contributed by atoms with Gasteiger partial charge in [-0.3, -0.25) is 14.4 Å². The van der Waals surface area contributed by atoms with Crippen molar-refractivity contribution < 1.29 is 118 Å². The second-order valence-corrected chi connectivity index (χ2v) is 11.4. The smallest absolute Gasteiger partial charge is 0.550 e. The molecule has 0 saturated carbocycles. The number of rotatable bonds is 17. The standard InChI is InChI=1S/C33H43N3O12.2Na/c1-3-24(39)36-27-26(35-19(2)37)29(48-33(30(27)43,32(45)46)47-17-9-5-8-12-25(40)41)28(42)23(38)18-34-31(44)22-15-13-21(14-16-22)20-10-6-4-7-11-20;;/h4,6-7,10-11,13-16,23,26-30,38,42-43H,3,5,8-9,12,17-18H2,1-2H3,(H,34,44)(H,35,37)(H,36,39)(H,40,41)(H,45,46);;/q;2*+1/p-2/t23-,26-,27-,28-,29-,30+,33-;;/m1../s1. The number of carbonyl (C=O) groups excluding carboxylic acids is 5. The third kappa shape index (κ3) is 12.4. The van der Waals surface area contributed by atoms with Gasteiger partial charge >= 0.3 is 59.1 Å². The second-order valence-electron chi connectivity index (χ2n) is 11.4. The number of ether oxygens (including phenoxy) is 2. The van der Waals surface area contributed by atoms with E-state index >= 15 is 0 Å². The van der Waals surface area contributed by atoms with Crippen molar-refractivity contribution in [2.45, 2.75) is 88.2 Å². The zero-order chi connectivity index (χ0) is 35.4. The Morgan fingerprint density at radius 2 is 1.52 bits per heavy atom. The first kappa shape index (κ1) is 45.6. The molecule has 1 aliphatic heterocycles. The molecule has 262 valence electrons. The summed E-state index contributed by atoms with van der Waals surface area (Å²) < 4.78 is 11.1. The minimum absolute atomic E-state index is 0. The van der Waals surface area contributed by atoms with E-state index in [2.05, 4.69) is 16.0 Å². The van der Waals surface area contributed by atoms with E-state index in [1.165, 1.54) is 6.92 Å². The summed E-state index contributed by atoms with van der Waals surface area (Å²) in [6, 6.07) is 12.9. The molecule has 1 aliphatic rings. The summed E-state index contributed by atoms with van der Waals surface area (Å²) in [5, 5.41) is 64.0. The molecule has 0 spiro atoms. The monoisotopic (exact) mass is 717 g/mol. The number of benzene rings is 2. The minimum Gasteiger partial charge on any atom is -0.550 e.